The van der Waals surface area contributed by atoms with Crippen molar-refractivity contribution in [3.63, 3.8) is 0 Å². The largest absolute Gasteiger partial charge is 0.496 e. The second-order valence-corrected chi connectivity index (χ2v) is 7.94. The van der Waals surface area contributed by atoms with Gasteiger partial charge in [0.25, 0.3) is 5.56 Å². The Morgan fingerprint density at radius 1 is 1.28 bits per heavy atom. The van der Waals surface area contributed by atoms with Gasteiger partial charge >= 0.3 is 0 Å². The van der Waals surface area contributed by atoms with Crippen LogP contribution in [0.4, 0.5) is 0 Å². The quantitative estimate of drug-likeness (QED) is 0.539. The van der Waals surface area contributed by atoms with Gasteiger partial charge in [0.15, 0.2) is 0 Å². The van der Waals surface area contributed by atoms with E-state index in [9.17, 15) is 9.59 Å². The molecule has 3 rings (SSSR count). The highest BCUT2D eigenvalue weighted by atomic mass is 79.9. The number of fused-ring (bicyclic) bond motifs is 1. The van der Waals surface area contributed by atoms with Crippen molar-refractivity contribution in [1.82, 2.24) is 14.5 Å². The number of para-hydroxylation sites is 1. The van der Waals surface area contributed by atoms with Crippen LogP contribution in [0.15, 0.2) is 52.0 Å². The van der Waals surface area contributed by atoms with Crippen LogP contribution in [0.5, 0.6) is 5.75 Å². The van der Waals surface area contributed by atoms with Crippen LogP contribution in [0, 0.1) is 6.92 Å². The minimum atomic E-state index is -0.0709. The van der Waals surface area contributed by atoms with E-state index >= 15 is 0 Å². The third-order valence-corrected chi connectivity index (χ3v) is 5.41. The fourth-order valence-electron chi connectivity index (χ4n) is 3.30. The van der Waals surface area contributed by atoms with E-state index in [1.165, 1.54) is 0 Å². The molecule has 1 heterocycles. The number of hydrogen-bond donors (Lipinski definition) is 0. The summed E-state index contributed by atoms with van der Waals surface area (Å²) < 4.78 is 7.89. The lowest BCUT2D eigenvalue weighted by molar-refractivity contribution is -0.130. The number of carbonyl (C=O) groups excluding carboxylic acids is 1. The SMILES string of the molecule is COc1ccc(Br)cc1CN(C)C(=O)CCCn1cnc2c(C)cccc2c1=O. The summed E-state index contributed by atoms with van der Waals surface area (Å²) in [6, 6.07) is 11.3. The molecular formula is C22H24BrN3O3. The van der Waals surface area contributed by atoms with Gasteiger partial charge in [-0.2, -0.15) is 0 Å². The molecule has 152 valence electrons. The van der Waals surface area contributed by atoms with Gasteiger partial charge < -0.3 is 9.64 Å². The Hall–Kier alpha value is -2.67. The number of aromatic nitrogens is 2. The third-order valence-electron chi connectivity index (χ3n) is 4.92. The van der Waals surface area contributed by atoms with E-state index in [1.807, 2.05) is 37.3 Å². The number of methoxy groups -OCH3 is 1. The average Bonchev–Trinajstić information content (AvgIpc) is 2.70. The zero-order chi connectivity index (χ0) is 21.0. The van der Waals surface area contributed by atoms with E-state index in [4.69, 9.17) is 4.74 Å². The number of carbonyl (C=O) groups is 1. The van der Waals surface area contributed by atoms with Crippen LogP contribution in [0.2, 0.25) is 0 Å². The van der Waals surface area contributed by atoms with E-state index in [0.717, 1.165) is 26.9 Å². The maximum atomic E-state index is 12.6. The number of hydrogen-bond acceptors (Lipinski definition) is 4. The molecule has 6 nitrogen and oxygen atoms in total. The van der Waals surface area contributed by atoms with E-state index in [2.05, 4.69) is 20.9 Å². The van der Waals surface area contributed by atoms with Crippen molar-refractivity contribution >= 4 is 32.7 Å². The van der Waals surface area contributed by atoms with Crippen LogP contribution in [-0.4, -0.2) is 34.5 Å². The number of aryl methyl sites for hydroxylation is 2. The first-order chi connectivity index (χ1) is 13.9. The van der Waals surface area contributed by atoms with Crippen LogP contribution in [0.25, 0.3) is 10.9 Å². The molecule has 0 radical (unpaired) electrons. The molecular weight excluding hydrogens is 434 g/mol. The van der Waals surface area contributed by atoms with Crippen LogP contribution >= 0.6 is 15.9 Å². The Balaban J connectivity index is 1.61. The second-order valence-electron chi connectivity index (χ2n) is 7.02. The highest BCUT2D eigenvalue weighted by Gasteiger charge is 2.13. The number of rotatable bonds is 7. The molecule has 0 N–H and O–H groups in total. The lowest BCUT2D eigenvalue weighted by Crippen LogP contribution is -2.27. The summed E-state index contributed by atoms with van der Waals surface area (Å²) in [7, 11) is 3.39. The smallest absolute Gasteiger partial charge is 0.261 e. The van der Waals surface area contributed by atoms with E-state index in [1.54, 1.807) is 36.0 Å². The summed E-state index contributed by atoms with van der Waals surface area (Å²) >= 11 is 3.45. The summed E-state index contributed by atoms with van der Waals surface area (Å²) in [6.45, 7) is 2.85. The lowest BCUT2D eigenvalue weighted by atomic mass is 10.1. The van der Waals surface area contributed by atoms with Crippen LogP contribution < -0.4 is 10.3 Å². The molecule has 0 aliphatic rings. The Morgan fingerprint density at radius 3 is 2.83 bits per heavy atom. The molecule has 7 heteroatoms. The van der Waals surface area contributed by atoms with E-state index in [-0.39, 0.29) is 11.5 Å². The maximum absolute atomic E-state index is 12.6. The Bertz CT molecular complexity index is 1090. The van der Waals surface area contributed by atoms with E-state index in [0.29, 0.717) is 31.3 Å². The van der Waals surface area contributed by atoms with Crippen molar-refractivity contribution in [2.24, 2.45) is 0 Å². The van der Waals surface area contributed by atoms with Gasteiger partial charge in [-0.1, -0.05) is 28.1 Å². The van der Waals surface area contributed by atoms with Crippen molar-refractivity contribution in [3.05, 3.63) is 68.7 Å². The fourth-order valence-corrected chi connectivity index (χ4v) is 3.71. The second kappa shape index (κ2) is 9.22. The Kier molecular flexibility index (Phi) is 6.69. The molecule has 0 fully saturated rings. The molecule has 0 aliphatic heterocycles. The molecule has 0 saturated heterocycles. The number of ether oxygens (including phenoxy) is 1. The standard InChI is InChI=1S/C22H24BrN3O3/c1-15-6-4-7-18-21(15)24-14-26(22(18)28)11-5-8-20(27)25(2)13-16-12-17(23)9-10-19(16)29-3/h4,6-7,9-10,12,14H,5,8,11,13H2,1-3H3. The zero-order valence-corrected chi connectivity index (χ0v) is 18.4. The molecule has 29 heavy (non-hydrogen) atoms. The maximum Gasteiger partial charge on any atom is 0.261 e. The first-order valence-corrected chi connectivity index (χ1v) is 10.2. The molecule has 1 aromatic heterocycles. The minimum Gasteiger partial charge on any atom is -0.496 e. The van der Waals surface area contributed by atoms with E-state index < -0.39 is 0 Å². The molecule has 0 unspecified atom stereocenters. The van der Waals surface area contributed by atoms with Crippen LogP contribution in [0.1, 0.15) is 24.0 Å². The molecule has 3 aromatic rings. The topological polar surface area (TPSA) is 64.4 Å². The predicted molar refractivity (Wildman–Crippen MR) is 117 cm³/mol. The van der Waals surface area contributed by atoms with Crippen molar-refractivity contribution in [2.45, 2.75) is 32.9 Å². The first-order valence-electron chi connectivity index (χ1n) is 9.42. The summed E-state index contributed by atoms with van der Waals surface area (Å²) in [4.78, 5) is 31.3. The summed E-state index contributed by atoms with van der Waals surface area (Å²) in [5.74, 6) is 0.765. The Labute approximate surface area is 178 Å². The lowest BCUT2D eigenvalue weighted by Gasteiger charge is -2.19. The van der Waals surface area contributed by atoms with Crippen molar-refractivity contribution < 1.29 is 9.53 Å². The number of halogens is 1. The number of nitrogens with zero attached hydrogens (tertiary/aromatic N) is 3. The highest BCUT2D eigenvalue weighted by molar-refractivity contribution is 9.10. The van der Waals surface area contributed by atoms with Crippen molar-refractivity contribution in [1.29, 1.82) is 0 Å². The molecule has 0 saturated carbocycles. The minimum absolute atomic E-state index is 0.0182. The molecule has 2 aromatic carbocycles. The van der Waals surface area contributed by atoms with Gasteiger partial charge in [0.2, 0.25) is 5.91 Å². The summed E-state index contributed by atoms with van der Waals surface area (Å²) in [5.41, 5.74) is 2.57. The molecule has 0 bridgehead atoms. The zero-order valence-electron chi connectivity index (χ0n) is 16.8. The number of benzene rings is 2. The third kappa shape index (κ3) is 4.85. The van der Waals surface area contributed by atoms with Gasteiger partial charge in [0, 0.05) is 36.6 Å². The van der Waals surface area contributed by atoms with Gasteiger partial charge in [-0.25, -0.2) is 4.98 Å². The Morgan fingerprint density at radius 2 is 2.07 bits per heavy atom. The van der Waals surface area contributed by atoms with Crippen molar-refractivity contribution in [2.75, 3.05) is 14.2 Å². The molecule has 0 spiro atoms. The van der Waals surface area contributed by atoms with Crippen molar-refractivity contribution in [3.8, 4) is 5.75 Å². The summed E-state index contributed by atoms with van der Waals surface area (Å²) in [6.07, 6.45) is 2.49. The normalized spacial score (nSPS) is 10.9. The fraction of sp³-hybridized carbons (Fsp3) is 0.318. The first kappa shape index (κ1) is 21.0. The summed E-state index contributed by atoms with van der Waals surface area (Å²) in [5, 5.41) is 0.609. The van der Waals surface area contributed by atoms with Gasteiger partial charge in [-0.3, -0.25) is 14.2 Å². The van der Waals surface area contributed by atoms with Gasteiger partial charge in [-0.05, 0) is 43.2 Å². The molecule has 0 atom stereocenters. The van der Waals surface area contributed by atoms with Crippen LogP contribution in [-0.2, 0) is 17.9 Å². The average molecular weight is 458 g/mol. The van der Waals surface area contributed by atoms with Gasteiger partial charge in [0.1, 0.15) is 5.75 Å². The monoisotopic (exact) mass is 457 g/mol. The van der Waals surface area contributed by atoms with Gasteiger partial charge in [-0.15, -0.1) is 0 Å². The molecule has 0 aliphatic carbocycles. The van der Waals surface area contributed by atoms with Gasteiger partial charge in [0.05, 0.1) is 24.3 Å². The highest BCUT2D eigenvalue weighted by Crippen LogP contribution is 2.24. The van der Waals surface area contributed by atoms with Crippen LogP contribution in [0.3, 0.4) is 0 Å². The number of amides is 1. The molecule has 1 amide bonds. The predicted octanol–water partition coefficient (Wildman–Crippen LogP) is 3.91.